The number of halogens is 2. The van der Waals surface area contributed by atoms with E-state index in [1.165, 1.54) is 11.1 Å². The van der Waals surface area contributed by atoms with E-state index >= 15 is 0 Å². The molecule has 0 radical (unpaired) electrons. The van der Waals surface area contributed by atoms with Gasteiger partial charge in [0.2, 0.25) is 5.95 Å². The number of fused-ring (bicyclic) bond motifs is 1. The van der Waals surface area contributed by atoms with Gasteiger partial charge in [-0.1, -0.05) is 38.8 Å². The van der Waals surface area contributed by atoms with E-state index in [2.05, 4.69) is 76.5 Å². The molecule has 0 atom stereocenters. The summed E-state index contributed by atoms with van der Waals surface area (Å²) >= 11 is 7.18. The zero-order chi connectivity index (χ0) is 19.2. The van der Waals surface area contributed by atoms with Crippen molar-refractivity contribution < 1.29 is 0 Å². The van der Waals surface area contributed by atoms with E-state index in [1.807, 2.05) is 0 Å². The Kier molecular flexibility index (Phi) is 6.98. The average Bonchev–Trinajstić information content (AvgIpc) is 2.64. The third kappa shape index (κ3) is 5.15. The van der Waals surface area contributed by atoms with Crippen LogP contribution in [0, 0.1) is 0 Å². The van der Waals surface area contributed by atoms with Crippen LogP contribution in [-0.2, 0) is 13.0 Å². The van der Waals surface area contributed by atoms with Crippen LogP contribution in [0.3, 0.4) is 0 Å². The van der Waals surface area contributed by atoms with E-state index in [0.717, 1.165) is 34.9 Å². The Morgan fingerprint density at radius 2 is 2.07 bits per heavy atom. The van der Waals surface area contributed by atoms with Gasteiger partial charge >= 0.3 is 0 Å². The minimum atomic E-state index is -0.228. The number of rotatable bonds is 8. The summed E-state index contributed by atoms with van der Waals surface area (Å²) in [5, 5.41) is 6.64. The first-order valence-corrected chi connectivity index (χ1v) is 10.4. The minimum Gasteiger partial charge on any atom is -0.356 e. The molecule has 6 nitrogen and oxygen atoms in total. The second kappa shape index (κ2) is 9.43. The highest BCUT2D eigenvalue weighted by molar-refractivity contribution is 9.11. The van der Waals surface area contributed by atoms with Gasteiger partial charge in [0.25, 0.3) is 5.56 Å². The van der Waals surface area contributed by atoms with Gasteiger partial charge in [0.1, 0.15) is 0 Å². The van der Waals surface area contributed by atoms with Crippen molar-refractivity contribution in [3.8, 4) is 0 Å². The maximum absolute atomic E-state index is 12.0. The highest BCUT2D eigenvalue weighted by Crippen LogP contribution is 2.26. The molecular weight excluding hydrogens is 474 g/mol. The van der Waals surface area contributed by atoms with Crippen molar-refractivity contribution in [2.24, 2.45) is 0 Å². The predicted molar refractivity (Wildman–Crippen MR) is 116 cm³/mol. The van der Waals surface area contributed by atoms with Gasteiger partial charge < -0.3 is 10.6 Å². The molecular formula is C19H21Br2N5O. The molecule has 3 N–H and O–H groups in total. The van der Waals surface area contributed by atoms with Crippen LogP contribution in [0.1, 0.15) is 24.5 Å². The third-order valence-electron chi connectivity index (χ3n) is 4.21. The van der Waals surface area contributed by atoms with Gasteiger partial charge in [-0.2, -0.15) is 0 Å². The smallest absolute Gasteiger partial charge is 0.278 e. The first kappa shape index (κ1) is 20.0. The summed E-state index contributed by atoms with van der Waals surface area (Å²) in [5.74, 6) is 0.477. The number of anilines is 1. The number of aromatic nitrogens is 3. The van der Waals surface area contributed by atoms with Crippen molar-refractivity contribution >= 4 is 48.8 Å². The number of pyridine rings is 1. The molecule has 0 bridgehead atoms. The van der Waals surface area contributed by atoms with Crippen molar-refractivity contribution in [2.75, 3.05) is 18.4 Å². The van der Waals surface area contributed by atoms with Crippen LogP contribution in [0.15, 0.2) is 44.2 Å². The van der Waals surface area contributed by atoms with Crippen LogP contribution in [0.25, 0.3) is 11.0 Å². The van der Waals surface area contributed by atoms with Crippen LogP contribution in [-0.4, -0.2) is 28.0 Å². The number of aromatic amines is 1. The summed E-state index contributed by atoms with van der Waals surface area (Å²) in [7, 11) is 0. The second-order valence-corrected chi connectivity index (χ2v) is 7.89. The fourth-order valence-electron chi connectivity index (χ4n) is 2.91. The lowest BCUT2D eigenvalue weighted by Gasteiger charge is -2.12. The molecule has 27 heavy (non-hydrogen) atoms. The Morgan fingerprint density at radius 3 is 2.89 bits per heavy atom. The number of nitrogens with one attached hydrogen (secondary N) is 3. The normalized spacial score (nSPS) is 11.1. The Morgan fingerprint density at radius 1 is 1.22 bits per heavy atom. The van der Waals surface area contributed by atoms with Crippen LogP contribution in [0.4, 0.5) is 5.95 Å². The molecule has 3 aromatic rings. The molecule has 0 aliphatic heterocycles. The molecule has 2 aromatic heterocycles. The standard InChI is InChI=1S/C19H21Br2N5O/c1-2-14-12(9-13(20)10-15(14)21)11-22-6-4-8-24-19-25-16-5-3-7-23-17(16)18(27)26-19/h3,5,7,9-10,22H,2,4,6,8,11H2,1H3,(H2,24,25,26,27). The van der Waals surface area contributed by atoms with Crippen LogP contribution < -0.4 is 16.2 Å². The lowest BCUT2D eigenvalue weighted by Crippen LogP contribution is -2.20. The lowest BCUT2D eigenvalue weighted by atomic mass is 10.1. The highest BCUT2D eigenvalue weighted by atomic mass is 79.9. The molecule has 2 heterocycles. The number of nitrogens with zero attached hydrogens (tertiary/aromatic N) is 2. The van der Waals surface area contributed by atoms with Gasteiger partial charge in [-0.15, -0.1) is 0 Å². The molecule has 8 heteroatoms. The van der Waals surface area contributed by atoms with Crippen molar-refractivity contribution in [1.29, 1.82) is 0 Å². The quantitative estimate of drug-likeness (QED) is 0.412. The van der Waals surface area contributed by atoms with E-state index in [1.54, 1.807) is 18.3 Å². The molecule has 0 fully saturated rings. The molecule has 0 saturated heterocycles. The summed E-state index contributed by atoms with van der Waals surface area (Å²) in [6, 6.07) is 7.80. The maximum Gasteiger partial charge on any atom is 0.278 e. The van der Waals surface area contributed by atoms with E-state index in [4.69, 9.17) is 0 Å². The SMILES string of the molecule is CCc1c(Br)cc(Br)cc1CNCCCNc1nc2cccnc2c(=O)[nH]1. The van der Waals surface area contributed by atoms with Crippen molar-refractivity contribution in [3.05, 3.63) is 60.9 Å². The Labute approximate surface area is 174 Å². The Hall–Kier alpha value is -1.77. The number of H-pyrrole nitrogens is 1. The fourth-order valence-corrected chi connectivity index (χ4v) is 4.51. The summed E-state index contributed by atoms with van der Waals surface area (Å²) < 4.78 is 2.21. The van der Waals surface area contributed by atoms with Crippen molar-refractivity contribution in [1.82, 2.24) is 20.3 Å². The zero-order valence-electron chi connectivity index (χ0n) is 15.0. The largest absolute Gasteiger partial charge is 0.356 e. The molecule has 0 saturated carbocycles. The van der Waals surface area contributed by atoms with Gasteiger partial charge in [-0.3, -0.25) is 9.78 Å². The third-order valence-corrected chi connectivity index (χ3v) is 5.38. The molecule has 142 valence electrons. The number of benzene rings is 1. The molecule has 0 spiro atoms. The Balaban J connectivity index is 1.48. The van der Waals surface area contributed by atoms with Crippen molar-refractivity contribution in [3.63, 3.8) is 0 Å². The topological polar surface area (TPSA) is 82.7 Å². The number of hydrogen-bond donors (Lipinski definition) is 3. The predicted octanol–water partition coefficient (Wildman–Crippen LogP) is 4.00. The highest BCUT2D eigenvalue weighted by Gasteiger charge is 2.07. The van der Waals surface area contributed by atoms with Crippen molar-refractivity contribution in [2.45, 2.75) is 26.3 Å². The number of hydrogen-bond acceptors (Lipinski definition) is 5. The Bertz CT molecular complexity index is 989. The van der Waals surface area contributed by atoms with E-state index in [-0.39, 0.29) is 5.56 Å². The van der Waals surface area contributed by atoms with E-state index in [9.17, 15) is 4.79 Å². The van der Waals surface area contributed by atoms with Crippen LogP contribution >= 0.6 is 31.9 Å². The molecule has 0 amide bonds. The molecule has 0 aliphatic rings. The van der Waals surface area contributed by atoms with Gasteiger partial charge in [0.15, 0.2) is 5.52 Å². The van der Waals surface area contributed by atoms with Gasteiger partial charge in [-0.05, 0) is 54.8 Å². The molecule has 0 unspecified atom stereocenters. The summed E-state index contributed by atoms with van der Waals surface area (Å²) in [6.07, 6.45) is 3.49. The molecule has 0 aliphatic carbocycles. The maximum atomic E-state index is 12.0. The summed E-state index contributed by atoms with van der Waals surface area (Å²) in [5.41, 5.74) is 3.34. The minimum absolute atomic E-state index is 0.228. The van der Waals surface area contributed by atoms with Crippen LogP contribution in [0.5, 0.6) is 0 Å². The van der Waals surface area contributed by atoms with Gasteiger partial charge in [0.05, 0.1) is 5.52 Å². The first-order valence-electron chi connectivity index (χ1n) is 8.85. The second-order valence-electron chi connectivity index (χ2n) is 6.12. The van der Waals surface area contributed by atoms with Crippen LogP contribution in [0.2, 0.25) is 0 Å². The zero-order valence-corrected chi connectivity index (χ0v) is 18.2. The van der Waals surface area contributed by atoms with E-state index in [0.29, 0.717) is 23.5 Å². The summed E-state index contributed by atoms with van der Waals surface area (Å²) in [6.45, 7) is 4.55. The molecule has 3 rings (SSSR count). The lowest BCUT2D eigenvalue weighted by molar-refractivity contribution is 0.658. The molecule has 1 aromatic carbocycles. The van der Waals surface area contributed by atoms with Gasteiger partial charge in [0, 0.05) is 28.2 Å². The first-order chi connectivity index (χ1) is 13.1. The summed E-state index contributed by atoms with van der Waals surface area (Å²) in [4.78, 5) is 23.1. The van der Waals surface area contributed by atoms with E-state index < -0.39 is 0 Å². The fraction of sp³-hybridized carbons (Fsp3) is 0.316. The van der Waals surface area contributed by atoms with Gasteiger partial charge in [-0.25, -0.2) is 9.97 Å². The average molecular weight is 495 g/mol. The monoisotopic (exact) mass is 493 g/mol.